The van der Waals surface area contributed by atoms with Gasteiger partial charge in [-0.3, -0.25) is 30.0 Å². The van der Waals surface area contributed by atoms with Crippen molar-refractivity contribution in [3.63, 3.8) is 0 Å². The summed E-state index contributed by atoms with van der Waals surface area (Å²) in [5.41, 5.74) is 4.72. The zero-order valence-electron chi connectivity index (χ0n) is 24.7. The molecule has 2 amide bonds. The number of nitrogens with zero attached hydrogens (tertiary/aromatic N) is 3. The minimum Gasteiger partial charge on any atom is -0.505 e. The van der Waals surface area contributed by atoms with Crippen molar-refractivity contribution in [1.82, 2.24) is 5.32 Å². The highest BCUT2D eigenvalue weighted by Crippen LogP contribution is 2.41. The zero-order valence-corrected chi connectivity index (χ0v) is 24.7. The van der Waals surface area contributed by atoms with Gasteiger partial charge in [0.15, 0.2) is 5.75 Å². The molecule has 13 nitrogen and oxygen atoms in total. The molecule has 5 aromatic carbocycles. The second kappa shape index (κ2) is 14.0. The number of nitro benzene ring substituents is 1. The van der Waals surface area contributed by atoms with E-state index in [0.29, 0.717) is 27.8 Å². The van der Waals surface area contributed by atoms with E-state index in [1.807, 2.05) is 30.3 Å². The maximum absolute atomic E-state index is 13.4. The molecule has 0 unspecified atom stereocenters. The fourth-order valence-electron chi connectivity index (χ4n) is 4.55. The Morgan fingerprint density at radius 3 is 2.41 bits per heavy atom. The number of phenols is 1. The minimum absolute atomic E-state index is 0.0420. The number of methoxy groups -OCH3 is 1. The molecule has 0 heterocycles. The highest BCUT2D eigenvalue weighted by atomic mass is 16.6. The van der Waals surface area contributed by atoms with Crippen LogP contribution in [0.1, 0.15) is 26.3 Å². The van der Waals surface area contributed by atoms with Gasteiger partial charge in [0.05, 0.1) is 29.9 Å². The summed E-state index contributed by atoms with van der Waals surface area (Å²) in [6, 6.07) is 26.1. The summed E-state index contributed by atoms with van der Waals surface area (Å²) in [5, 5.41) is 37.2. The van der Waals surface area contributed by atoms with Crippen molar-refractivity contribution in [1.29, 1.82) is 0 Å². The molecule has 4 N–H and O–H groups in total. The molecular weight excluding hydrogens is 592 g/mol. The highest BCUT2D eigenvalue weighted by molar-refractivity contribution is 6.12. The molecule has 0 aliphatic carbocycles. The Labute approximate surface area is 262 Å². The number of anilines is 2. The van der Waals surface area contributed by atoms with E-state index in [4.69, 9.17) is 9.57 Å². The average molecular weight is 621 g/mol. The highest BCUT2D eigenvalue weighted by Gasteiger charge is 2.21. The SMILES string of the molecule is CNC(=O)c1ccc2c(N=Nc3cc(CONc4ccccc4)ccc3OC)c(O)c(C(=O)Nc3cccc([N+](=O)[O-])c3)cc2c1. The fourth-order valence-corrected chi connectivity index (χ4v) is 4.55. The smallest absolute Gasteiger partial charge is 0.271 e. The number of ether oxygens (including phenoxy) is 1. The minimum atomic E-state index is -0.760. The number of hydrogen-bond acceptors (Lipinski definition) is 10. The summed E-state index contributed by atoms with van der Waals surface area (Å²) in [6.45, 7) is 0.186. The molecule has 0 atom stereocenters. The predicted molar refractivity (Wildman–Crippen MR) is 172 cm³/mol. The van der Waals surface area contributed by atoms with Crippen molar-refractivity contribution in [2.45, 2.75) is 6.61 Å². The lowest BCUT2D eigenvalue weighted by atomic mass is 10.0. The van der Waals surface area contributed by atoms with E-state index in [2.05, 4.69) is 26.3 Å². The molecule has 0 bridgehead atoms. The first-order valence-corrected chi connectivity index (χ1v) is 13.9. The largest absolute Gasteiger partial charge is 0.505 e. The van der Waals surface area contributed by atoms with Gasteiger partial charge in [0.25, 0.3) is 17.5 Å². The average Bonchev–Trinajstić information content (AvgIpc) is 3.07. The molecule has 0 aromatic heterocycles. The van der Waals surface area contributed by atoms with E-state index in [0.717, 1.165) is 11.3 Å². The molecule has 0 radical (unpaired) electrons. The zero-order chi connectivity index (χ0) is 32.6. The van der Waals surface area contributed by atoms with Crippen LogP contribution in [0.4, 0.5) is 28.4 Å². The number of aromatic hydroxyl groups is 1. The third-order valence-corrected chi connectivity index (χ3v) is 6.84. The van der Waals surface area contributed by atoms with Gasteiger partial charge in [0.1, 0.15) is 17.1 Å². The van der Waals surface area contributed by atoms with Gasteiger partial charge in [0.2, 0.25) is 0 Å². The number of carbonyl (C=O) groups excluding carboxylic acids is 2. The van der Waals surface area contributed by atoms with E-state index >= 15 is 0 Å². The van der Waals surface area contributed by atoms with Gasteiger partial charge in [-0.25, -0.2) is 0 Å². The fraction of sp³-hybridized carbons (Fsp3) is 0.0909. The van der Waals surface area contributed by atoms with Crippen LogP contribution in [0.3, 0.4) is 0 Å². The standard InChI is InChI=1S/C33H28N6O7/c1-34-32(41)21-12-13-26-22(16-21)17-27(33(42)35-24-9-6-10-25(18-24)39(43)44)31(40)30(26)37-36-28-15-20(11-14-29(28)45-2)19-46-38-23-7-4-3-5-8-23/h3-18,38,40H,19H2,1-2H3,(H,34,41)(H,35,42). The summed E-state index contributed by atoms with van der Waals surface area (Å²) >= 11 is 0. The lowest BCUT2D eigenvalue weighted by Crippen LogP contribution is -2.17. The predicted octanol–water partition coefficient (Wildman–Crippen LogP) is 7.03. The first kappa shape index (κ1) is 31.1. The van der Waals surface area contributed by atoms with Crippen molar-refractivity contribution < 1.29 is 29.2 Å². The number of non-ortho nitro benzene ring substituents is 1. The van der Waals surface area contributed by atoms with E-state index in [9.17, 15) is 24.8 Å². The summed E-state index contributed by atoms with van der Waals surface area (Å²) in [4.78, 5) is 42.0. The summed E-state index contributed by atoms with van der Waals surface area (Å²) in [7, 11) is 2.97. The molecule has 0 saturated carbocycles. The number of para-hydroxylation sites is 1. The van der Waals surface area contributed by atoms with Crippen LogP contribution in [0.2, 0.25) is 0 Å². The molecule has 0 spiro atoms. The number of nitrogens with one attached hydrogen (secondary N) is 3. The quantitative estimate of drug-likeness (QED) is 0.0690. The number of phenolic OH excluding ortho intramolecular Hbond substituents is 1. The molecule has 5 rings (SSSR count). The number of nitro groups is 1. The van der Waals surface area contributed by atoms with E-state index in [1.54, 1.807) is 36.4 Å². The van der Waals surface area contributed by atoms with Gasteiger partial charge in [-0.2, -0.15) is 0 Å². The maximum atomic E-state index is 13.4. The van der Waals surface area contributed by atoms with E-state index < -0.39 is 16.6 Å². The second-order valence-electron chi connectivity index (χ2n) is 9.86. The third-order valence-electron chi connectivity index (χ3n) is 6.84. The van der Waals surface area contributed by atoms with Crippen molar-refractivity contribution in [3.8, 4) is 11.5 Å². The Kier molecular flexibility index (Phi) is 9.44. The third kappa shape index (κ3) is 7.06. The first-order valence-electron chi connectivity index (χ1n) is 13.9. The van der Waals surface area contributed by atoms with Crippen molar-refractivity contribution in [2.75, 3.05) is 25.0 Å². The van der Waals surface area contributed by atoms with Gasteiger partial charge in [-0.15, -0.1) is 10.2 Å². The van der Waals surface area contributed by atoms with Crippen molar-refractivity contribution in [3.05, 3.63) is 124 Å². The summed E-state index contributed by atoms with van der Waals surface area (Å²) in [6.07, 6.45) is 0. The van der Waals surface area contributed by atoms with Crippen LogP contribution >= 0.6 is 0 Å². The van der Waals surface area contributed by atoms with Crippen LogP contribution in [0.15, 0.2) is 107 Å². The maximum Gasteiger partial charge on any atom is 0.271 e. The molecular formula is C33H28N6O7. The van der Waals surface area contributed by atoms with Crippen LogP contribution in [0.25, 0.3) is 10.8 Å². The Hall–Kier alpha value is -6.34. The molecule has 46 heavy (non-hydrogen) atoms. The van der Waals surface area contributed by atoms with Gasteiger partial charge in [-0.1, -0.05) is 36.4 Å². The molecule has 5 aromatic rings. The molecule has 232 valence electrons. The number of hydrogen-bond donors (Lipinski definition) is 4. The van der Waals surface area contributed by atoms with Gasteiger partial charge in [0, 0.05) is 35.8 Å². The Bertz CT molecular complexity index is 1960. The first-order chi connectivity index (χ1) is 22.3. The molecule has 0 fully saturated rings. The van der Waals surface area contributed by atoms with Gasteiger partial charge in [-0.05, 0) is 59.5 Å². The van der Waals surface area contributed by atoms with Crippen molar-refractivity contribution in [2.24, 2.45) is 10.2 Å². The number of carbonyl (C=O) groups is 2. The Morgan fingerprint density at radius 1 is 0.891 bits per heavy atom. The van der Waals surface area contributed by atoms with Crippen LogP contribution in [0, 0.1) is 10.1 Å². The normalized spacial score (nSPS) is 10.9. The molecule has 0 aliphatic heterocycles. The number of benzene rings is 5. The second-order valence-corrected chi connectivity index (χ2v) is 9.86. The van der Waals surface area contributed by atoms with E-state index in [-0.39, 0.29) is 35.1 Å². The lowest BCUT2D eigenvalue weighted by Gasteiger charge is -2.12. The van der Waals surface area contributed by atoms with Gasteiger partial charge < -0.3 is 20.5 Å². The lowest BCUT2D eigenvalue weighted by molar-refractivity contribution is -0.384. The van der Waals surface area contributed by atoms with Crippen LogP contribution < -0.4 is 20.9 Å². The molecule has 13 heteroatoms. The topological polar surface area (TPSA) is 177 Å². The van der Waals surface area contributed by atoms with E-state index in [1.165, 1.54) is 44.5 Å². The van der Waals surface area contributed by atoms with Crippen LogP contribution in [-0.4, -0.2) is 36.0 Å². The van der Waals surface area contributed by atoms with Crippen LogP contribution in [0.5, 0.6) is 11.5 Å². The molecule has 0 saturated heterocycles. The summed E-state index contributed by atoms with van der Waals surface area (Å²) in [5.74, 6) is -1.21. The Morgan fingerprint density at radius 2 is 1.67 bits per heavy atom. The number of azo groups is 1. The van der Waals surface area contributed by atoms with Gasteiger partial charge >= 0.3 is 0 Å². The van der Waals surface area contributed by atoms with Crippen molar-refractivity contribution >= 4 is 51.0 Å². The van der Waals surface area contributed by atoms with Crippen LogP contribution in [-0.2, 0) is 11.4 Å². The monoisotopic (exact) mass is 620 g/mol. The Balaban J connectivity index is 1.51. The number of amides is 2. The number of rotatable bonds is 11. The summed E-state index contributed by atoms with van der Waals surface area (Å²) < 4.78 is 5.46. The number of fused-ring (bicyclic) bond motifs is 1. The molecule has 0 aliphatic rings.